The third-order valence-electron chi connectivity index (χ3n) is 3.76. The number of sulfonamides is 1. The molecule has 1 aliphatic rings. The van der Waals surface area contributed by atoms with E-state index in [2.05, 4.69) is 10.5 Å². The number of rotatable bonds is 4. The number of nitrogens with zero attached hydrogens (tertiary/aromatic N) is 2. The van der Waals surface area contributed by atoms with Crippen LogP contribution < -0.4 is 10.6 Å². The minimum Gasteiger partial charge on any atom is -0.272 e. The van der Waals surface area contributed by atoms with Crippen molar-refractivity contribution in [3.8, 4) is 0 Å². The molecule has 0 atom stereocenters. The van der Waals surface area contributed by atoms with Crippen LogP contribution in [0.25, 0.3) is 0 Å². The highest BCUT2D eigenvalue weighted by Gasteiger charge is 2.19. The second kappa shape index (κ2) is 7.51. The molecule has 23 heavy (non-hydrogen) atoms. The number of nitro groups is 1. The SMILES string of the molecule is NS(=O)(=O)c1ccc(NN=C2CCCCCCC2)c([N+](=O)[O-])c1. The van der Waals surface area contributed by atoms with Crippen LogP contribution in [0.2, 0.25) is 0 Å². The van der Waals surface area contributed by atoms with E-state index >= 15 is 0 Å². The highest BCUT2D eigenvalue weighted by atomic mass is 32.2. The van der Waals surface area contributed by atoms with E-state index in [0.717, 1.165) is 37.5 Å². The van der Waals surface area contributed by atoms with Crippen LogP contribution in [0, 0.1) is 10.1 Å². The minimum absolute atomic E-state index is 0.150. The molecule has 8 nitrogen and oxygen atoms in total. The van der Waals surface area contributed by atoms with E-state index in [0.29, 0.717) is 0 Å². The average molecular weight is 340 g/mol. The third-order valence-corrected chi connectivity index (χ3v) is 4.67. The van der Waals surface area contributed by atoms with Crippen LogP contribution >= 0.6 is 0 Å². The lowest BCUT2D eigenvalue weighted by molar-refractivity contribution is -0.384. The van der Waals surface area contributed by atoms with Gasteiger partial charge < -0.3 is 0 Å². The second-order valence-electron chi connectivity index (χ2n) is 5.54. The van der Waals surface area contributed by atoms with E-state index in [-0.39, 0.29) is 16.3 Å². The van der Waals surface area contributed by atoms with Crippen molar-refractivity contribution in [2.45, 2.75) is 49.8 Å². The second-order valence-corrected chi connectivity index (χ2v) is 7.10. The lowest BCUT2D eigenvalue weighted by Crippen LogP contribution is -2.13. The Balaban J connectivity index is 2.23. The standard InChI is InChI=1S/C14H20N4O4S/c15-23(21,22)12-8-9-13(14(10-12)18(19)20)17-16-11-6-4-2-1-3-5-7-11/h8-10,17H,1-7H2,(H2,15,21,22). The highest BCUT2D eigenvalue weighted by Crippen LogP contribution is 2.27. The Morgan fingerprint density at radius 1 is 1.13 bits per heavy atom. The third kappa shape index (κ3) is 5.00. The van der Waals surface area contributed by atoms with E-state index < -0.39 is 14.9 Å². The van der Waals surface area contributed by atoms with Gasteiger partial charge in [-0.3, -0.25) is 15.5 Å². The predicted octanol–water partition coefficient (Wildman–Crippen LogP) is 2.75. The zero-order valence-electron chi connectivity index (χ0n) is 12.7. The summed E-state index contributed by atoms with van der Waals surface area (Å²) >= 11 is 0. The van der Waals surface area contributed by atoms with E-state index in [9.17, 15) is 18.5 Å². The van der Waals surface area contributed by atoms with Gasteiger partial charge in [-0.05, 0) is 37.8 Å². The first-order valence-electron chi connectivity index (χ1n) is 7.50. The fourth-order valence-electron chi connectivity index (χ4n) is 2.50. The van der Waals surface area contributed by atoms with Gasteiger partial charge in [0, 0.05) is 11.8 Å². The van der Waals surface area contributed by atoms with Crippen molar-refractivity contribution >= 4 is 27.1 Å². The molecule has 1 saturated carbocycles. The van der Waals surface area contributed by atoms with Crippen molar-refractivity contribution in [3.63, 3.8) is 0 Å². The van der Waals surface area contributed by atoms with Gasteiger partial charge >= 0.3 is 0 Å². The molecule has 0 amide bonds. The van der Waals surface area contributed by atoms with Crippen LogP contribution in [0.5, 0.6) is 0 Å². The largest absolute Gasteiger partial charge is 0.295 e. The summed E-state index contributed by atoms with van der Waals surface area (Å²) in [5.41, 5.74) is 3.46. The molecular weight excluding hydrogens is 320 g/mol. The first kappa shape index (κ1) is 17.4. The Kier molecular flexibility index (Phi) is 5.67. The molecule has 0 bridgehead atoms. The van der Waals surface area contributed by atoms with Crippen LogP contribution in [0.1, 0.15) is 44.9 Å². The predicted molar refractivity (Wildman–Crippen MR) is 87.8 cm³/mol. The van der Waals surface area contributed by atoms with Crippen molar-refractivity contribution in [2.75, 3.05) is 5.43 Å². The van der Waals surface area contributed by atoms with E-state index in [4.69, 9.17) is 5.14 Å². The molecule has 0 radical (unpaired) electrons. The number of nitrogens with one attached hydrogen (secondary N) is 1. The Morgan fingerprint density at radius 3 is 2.30 bits per heavy atom. The fraction of sp³-hybridized carbons (Fsp3) is 0.500. The maximum atomic E-state index is 11.3. The summed E-state index contributed by atoms with van der Waals surface area (Å²) < 4.78 is 22.6. The van der Waals surface area contributed by atoms with E-state index in [1.807, 2.05) is 0 Å². The molecule has 0 aromatic heterocycles. The summed E-state index contributed by atoms with van der Waals surface area (Å²) in [6.45, 7) is 0. The van der Waals surface area contributed by atoms with Gasteiger partial charge in [-0.15, -0.1) is 0 Å². The molecule has 1 aromatic carbocycles. The Labute approximate surface area is 135 Å². The molecule has 126 valence electrons. The van der Waals surface area contributed by atoms with Crippen molar-refractivity contribution in [1.82, 2.24) is 0 Å². The first-order valence-corrected chi connectivity index (χ1v) is 9.05. The summed E-state index contributed by atoms with van der Waals surface area (Å²) in [6.07, 6.45) is 7.44. The van der Waals surface area contributed by atoms with Gasteiger partial charge in [0.1, 0.15) is 5.69 Å². The van der Waals surface area contributed by atoms with Crippen LogP contribution in [-0.2, 0) is 10.0 Å². The Hall–Kier alpha value is -2.00. The number of benzene rings is 1. The molecule has 0 unspecified atom stereocenters. The molecule has 2 rings (SSSR count). The van der Waals surface area contributed by atoms with Crippen LogP contribution in [0.3, 0.4) is 0 Å². The van der Waals surface area contributed by atoms with E-state index in [1.54, 1.807) is 0 Å². The van der Waals surface area contributed by atoms with Crippen molar-refractivity contribution in [2.24, 2.45) is 10.2 Å². The normalized spacial score (nSPS) is 16.3. The Morgan fingerprint density at radius 2 is 1.74 bits per heavy atom. The number of anilines is 1. The number of hydrogen-bond acceptors (Lipinski definition) is 6. The van der Waals surface area contributed by atoms with Gasteiger partial charge in [-0.25, -0.2) is 13.6 Å². The summed E-state index contributed by atoms with van der Waals surface area (Å²) in [6, 6.07) is 3.48. The first-order chi connectivity index (χ1) is 10.9. The summed E-state index contributed by atoms with van der Waals surface area (Å²) in [4.78, 5) is 10.2. The monoisotopic (exact) mass is 340 g/mol. The maximum Gasteiger partial charge on any atom is 0.295 e. The Bertz CT molecular complexity index is 705. The molecule has 0 saturated heterocycles. The summed E-state index contributed by atoms with van der Waals surface area (Å²) in [5.74, 6) is 0. The summed E-state index contributed by atoms with van der Waals surface area (Å²) in [7, 11) is -3.99. The minimum atomic E-state index is -3.99. The van der Waals surface area contributed by atoms with Gasteiger partial charge in [0.05, 0.1) is 9.82 Å². The molecule has 9 heteroatoms. The lowest BCUT2D eigenvalue weighted by Gasteiger charge is -2.11. The molecular formula is C14H20N4O4S. The zero-order chi connectivity index (χ0) is 16.9. The number of nitrogens with two attached hydrogens (primary N) is 1. The fourth-order valence-corrected chi connectivity index (χ4v) is 3.03. The van der Waals surface area contributed by atoms with E-state index in [1.165, 1.54) is 31.4 Å². The quantitative estimate of drug-likeness (QED) is 0.643. The number of hydrazone groups is 1. The van der Waals surface area contributed by atoms with Gasteiger partial charge in [0.25, 0.3) is 5.69 Å². The van der Waals surface area contributed by atoms with Gasteiger partial charge in [-0.2, -0.15) is 5.10 Å². The van der Waals surface area contributed by atoms with Crippen LogP contribution in [-0.4, -0.2) is 19.1 Å². The van der Waals surface area contributed by atoms with Gasteiger partial charge in [-0.1, -0.05) is 19.3 Å². The molecule has 3 N–H and O–H groups in total. The smallest absolute Gasteiger partial charge is 0.272 e. The topological polar surface area (TPSA) is 128 Å². The van der Waals surface area contributed by atoms with Crippen molar-refractivity contribution < 1.29 is 13.3 Å². The van der Waals surface area contributed by atoms with Gasteiger partial charge in [0.15, 0.2) is 0 Å². The number of hydrogen-bond donors (Lipinski definition) is 2. The molecule has 1 aliphatic carbocycles. The summed E-state index contributed by atoms with van der Waals surface area (Å²) in [5, 5.41) is 20.4. The van der Waals surface area contributed by atoms with Crippen LogP contribution in [0.4, 0.5) is 11.4 Å². The van der Waals surface area contributed by atoms with Crippen LogP contribution in [0.15, 0.2) is 28.2 Å². The maximum absolute atomic E-state index is 11.3. The van der Waals surface area contributed by atoms with Gasteiger partial charge in [0.2, 0.25) is 10.0 Å². The molecule has 1 fully saturated rings. The number of primary sulfonamides is 1. The molecule has 0 aliphatic heterocycles. The molecule has 0 heterocycles. The highest BCUT2D eigenvalue weighted by molar-refractivity contribution is 7.89. The lowest BCUT2D eigenvalue weighted by atomic mass is 9.99. The zero-order valence-corrected chi connectivity index (χ0v) is 13.5. The molecule has 1 aromatic rings. The number of nitro benzene ring substituents is 1. The molecule has 0 spiro atoms. The van der Waals surface area contributed by atoms with Crippen molar-refractivity contribution in [1.29, 1.82) is 0 Å². The average Bonchev–Trinajstić information content (AvgIpc) is 2.44. The van der Waals surface area contributed by atoms with Crippen molar-refractivity contribution in [3.05, 3.63) is 28.3 Å².